The minimum atomic E-state index is 0.387. The molecule has 0 bridgehead atoms. The Labute approximate surface area is 103 Å². The van der Waals surface area contributed by atoms with Gasteiger partial charge in [-0.2, -0.15) is 11.8 Å². The van der Waals surface area contributed by atoms with Gasteiger partial charge in [0.25, 0.3) is 0 Å². The lowest BCUT2D eigenvalue weighted by Crippen LogP contribution is -2.49. The van der Waals surface area contributed by atoms with Crippen LogP contribution in [0, 0.1) is 0 Å². The Hall–Kier alpha value is 0.230. The fourth-order valence-corrected chi connectivity index (χ4v) is 3.95. The highest BCUT2D eigenvalue weighted by Gasteiger charge is 2.27. The van der Waals surface area contributed by atoms with Gasteiger partial charge in [0, 0.05) is 30.9 Å². The highest BCUT2D eigenvalue weighted by atomic mass is 32.2. The lowest BCUT2D eigenvalue weighted by Gasteiger charge is -2.38. The number of thioether (sulfide) groups is 1. The average Bonchev–Trinajstić information content (AvgIpc) is 2.31. The molecule has 2 heterocycles. The van der Waals surface area contributed by atoms with Gasteiger partial charge in [-0.25, -0.2) is 0 Å². The maximum Gasteiger partial charge on any atom is 0.0826 e. The second kappa shape index (κ2) is 6.24. The first-order valence-corrected chi connectivity index (χ1v) is 7.46. The van der Waals surface area contributed by atoms with E-state index in [9.17, 15) is 0 Å². The number of hydrogen-bond acceptors (Lipinski definition) is 4. The van der Waals surface area contributed by atoms with Gasteiger partial charge in [0.15, 0.2) is 0 Å². The first-order valence-electron chi connectivity index (χ1n) is 6.41. The monoisotopic (exact) mass is 244 g/mol. The van der Waals surface area contributed by atoms with Crippen LogP contribution in [-0.4, -0.2) is 61.3 Å². The number of ether oxygens (including phenoxy) is 1. The molecular formula is C12H24N2OS. The quantitative estimate of drug-likeness (QED) is 0.806. The molecule has 3 atom stereocenters. The van der Waals surface area contributed by atoms with Crippen molar-refractivity contribution in [3.8, 4) is 0 Å². The van der Waals surface area contributed by atoms with Crippen LogP contribution in [0.1, 0.15) is 19.8 Å². The van der Waals surface area contributed by atoms with E-state index in [1.807, 2.05) is 0 Å². The van der Waals surface area contributed by atoms with Crippen LogP contribution in [0.15, 0.2) is 0 Å². The lowest BCUT2D eigenvalue weighted by atomic mass is 10.1. The summed E-state index contributed by atoms with van der Waals surface area (Å²) in [7, 11) is 2.25. The van der Waals surface area contributed by atoms with Crippen LogP contribution in [0.25, 0.3) is 0 Å². The number of likely N-dealkylation sites (N-methyl/N-ethyl adjacent to an activating group) is 1. The van der Waals surface area contributed by atoms with E-state index in [4.69, 9.17) is 4.74 Å². The van der Waals surface area contributed by atoms with Crippen molar-refractivity contribution in [3.63, 3.8) is 0 Å². The largest absolute Gasteiger partial charge is 0.374 e. The molecule has 2 rings (SSSR count). The first-order chi connectivity index (χ1) is 7.77. The molecule has 0 aliphatic carbocycles. The zero-order valence-electron chi connectivity index (χ0n) is 10.4. The Morgan fingerprint density at radius 1 is 1.50 bits per heavy atom. The summed E-state index contributed by atoms with van der Waals surface area (Å²) in [5, 5.41) is 4.17. The predicted octanol–water partition coefficient (Wildman–Crippen LogP) is 1.19. The smallest absolute Gasteiger partial charge is 0.0826 e. The van der Waals surface area contributed by atoms with Crippen molar-refractivity contribution in [2.75, 3.05) is 39.0 Å². The summed E-state index contributed by atoms with van der Waals surface area (Å²) < 4.78 is 5.76. The first kappa shape index (κ1) is 12.7. The van der Waals surface area contributed by atoms with Crippen LogP contribution in [0.5, 0.6) is 0 Å². The molecule has 0 radical (unpaired) electrons. The Bertz CT molecular complexity index is 209. The Balaban J connectivity index is 1.78. The van der Waals surface area contributed by atoms with Gasteiger partial charge >= 0.3 is 0 Å². The summed E-state index contributed by atoms with van der Waals surface area (Å²) in [5.41, 5.74) is 0. The minimum absolute atomic E-state index is 0.387. The van der Waals surface area contributed by atoms with Crippen molar-refractivity contribution in [1.82, 2.24) is 10.2 Å². The van der Waals surface area contributed by atoms with Gasteiger partial charge in [0.1, 0.15) is 0 Å². The Morgan fingerprint density at radius 2 is 2.38 bits per heavy atom. The fraction of sp³-hybridized carbons (Fsp3) is 1.00. The topological polar surface area (TPSA) is 24.5 Å². The van der Waals surface area contributed by atoms with Crippen molar-refractivity contribution in [2.45, 2.75) is 37.2 Å². The van der Waals surface area contributed by atoms with Crippen molar-refractivity contribution >= 4 is 11.8 Å². The van der Waals surface area contributed by atoms with E-state index in [1.165, 1.54) is 18.6 Å². The molecule has 0 spiro atoms. The molecule has 1 N–H and O–H groups in total. The SMILES string of the molecule is CC1SCCCC1N(C)CC1CNCCO1. The third-order valence-corrected chi connectivity index (χ3v) is 4.99. The molecule has 4 heteroatoms. The molecule has 0 aromatic carbocycles. The molecular weight excluding hydrogens is 220 g/mol. The second-order valence-corrected chi connectivity index (χ2v) is 6.41. The summed E-state index contributed by atoms with van der Waals surface area (Å²) in [6, 6.07) is 0.740. The molecule has 0 aromatic heterocycles. The van der Waals surface area contributed by atoms with E-state index in [0.29, 0.717) is 6.10 Å². The summed E-state index contributed by atoms with van der Waals surface area (Å²) >= 11 is 2.12. The Kier molecular flexibility index (Phi) is 4.95. The van der Waals surface area contributed by atoms with Crippen LogP contribution in [0.2, 0.25) is 0 Å². The Morgan fingerprint density at radius 3 is 3.06 bits per heavy atom. The van der Waals surface area contributed by atoms with Crippen molar-refractivity contribution in [3.05, 3.63) is 0 Å². The third kappa shape index (κ3) is 3.36. The summed E-state index contributed by atoms with van der Waals surface area (Å²) in [6.45, 7) is 6.33. The molecule has 0 aromatic rings. The minimum Gasteiger partial charge on any atom is -0.374 e. The highest BCUT2D eigenvalue weighted by Crippen LogP contribution is 2.28. The third-order valence-electron chi connectivity index (χ3n) is 3.63. The molecule has 2 saturated heterocycles. The number of nitrogens with zero attached hydrogens (tertiary/aromatic N) is 1. The maximum absolute atomic E-state index is 5.76. The normalized spacial score (nSPS) is 36.6. The molecule has 2 aliphatic rings. The van der Waals surface area contributed by atoms with E-state index < -0.39 is 0 Å². The number of morpholine rings is 1. The van der Waals surface area contributed by atoms with E-state index in [2.05, 4.69) is 35.9 Å². The van der Waals surface area contributed by atoms with Gasteiger partial charge in [0.05, 0.1) is 12.7 Å². The molecule has 2 aliphatic heterocycles. The van der Waals surface area contributed by atoms with E-state index in [-0.39, 0.29) is 0 Å². The molecule has 3 nitrogen and oxygen atoms in total. The molecule has 2 fully saturated rings. The van der Waals surface area contributed by atoms with Crippen LogP contribution in [0.4, 0.5) is 0 Å². The van der Waals surface area contributed by atoms with Crippen LogP contribution < -0.4 is 5.32 Å². The number of rotatable bonds is 3. The maximum atomic E-state index is 5.76. The molecule has 16 heavy (non-hydrogen) atoms. The van der Waals surface area contributed by atoms with Gasteiger partial charge in [-0.05, 0) is 25.6 Å². The predicted molar refractivity (Wildman–Crippen MR) is 70.2 cm³/mol. The van der Waals surface area contributed by atoms with E-state index in [1.54, 1.807) is 0 Å². The van der Waals surface area contributed by atoms with Crippen molar-refractivity contribution < 1.29 is 4.74 Å². The lowest BCUT2D eigenvalue weighted by molar-refractivity contribution is 0.00201. The summed E-state index contributed by atoms with van der Waals surface area (Å²) in [4.78, 5) is 2.51. The molecule has 94 valence electrons. The molecule has 0 amide bonds. The van der Waals surface area contributed by atoms with Gasteiger partial charge in [-0.1, -0.05) is 6.92 Å². The van der Waals surface area contributed by atoms with E-state index >= 15 is 0 Å². The zero-order valence-corrected chi connectivity index (χ0v) is 11.3. The van der Waals surface area contributed by atoms with Gasteiger partial charge in [0.2, 0.25) is 0 Å². The average molecular weight is 244 g/mol. The van der Waals surface area contributed by atoms with Crippen molar-refractivity contribution in [1.29, 1.82) is 0 Å². The highest BCUT2D eigenvalue weighted by molar-refractivity contribution is 7.99. The van der Waals surface area contributed by atoms with Crippen LogP contribution in [0.3, 0.4) is 0 Å². The summed E-state index contributed by atoms with van der Waals surface area (Å²) in [6.07, 6.45) is 3.11. The van der Waals surface area contributed by atoms with E-state index in [0.717, 1.165) is 37.5 Å². The number of hydrogen-bond donors (Lipinski definition) is 1. The van der Waals surface area contributed by atoms with Gasteiger partial charge < -0.3 is 10.1 Å². The molecule has 0 saturated carbocycles. The summed E-state index contributed by atoms with van der Waals surface area (Å²) in [5.74, 6) is 1.34. The van der Waals surface area contributed by atoms with Crippen LogP contribution in [-0.2, 0) is 4.74 Å². The zero-order chi connectivity index (χ0) is 11.4. The second-order valence-electron chi connectivity index (χ2n) is 4.92. The number of nitrogens with one attached hydrogen (secondary N) is 1. The fourth-order valence-electron chi connectivity index (χ4n) is 2.68. The van der Waals surface area contributed by atoms with Gasteiger partial charge in [-0.15, -0.1) is 0 Å². The van der Waals surface area contributed by atoms with Gasteiger partial charge in [-0.3, -0.25) is 4.90 Å². The standard InChI is InChI=1S/C12H24N2OS/c1-10-12(4-3-7-16-10)14(2)9-11-8-13-5-6-15-11/h10-13H,3-9H2,1-2H3. The molecule has 3 unspecified atom stereocenters. The van der Waals surface area contributed by atoms with Crippen molar-refractivity contribution in [2.24, 2.45) is 0 Å². The van der Waals surface area contributed by atoms with Crippen LogP contribution >= 0.6 is 11.8 Å².